The number of amides is 2. The first kappa shape index (κ1) is 22.6. The largest absolute Gasteiger partial charge is 0.332 e. The summed E-state index contributed by atoms with van der Waals surface area (Å²) in [7, 11) is 0. The fraction of sp³-hybridized carbons (Fsp3) is 0.304. The van der Waals surface area contributed by atoms with Crippen LogP contribution in [0.25, 0.3) is 10.9 Å². The first-order chi connectivity index (χ1) is 14.8. The Kier molecular flexibility index (Phi) is 7.46. The number of nitrogens with one attached hydrogen (secondary N) is 2. The standard InChI is InChI=1S/C23H26N4O3S/c1-15(2)27(12-20-25-19-10-5-4-9-18(19)23(30)26-20)22(29)14-31-13-21(28)24-17-8-6-7-16(3)11-17/h4-11,15H,12-14H2,1-3H3,(H,24,28)(H,25,26,30). The van der Waals surface area contributed by atoms with Crippen molar-refractivity contribution in [3.05, 3.63) is 70.3 Å². The Hall–Kier alpha value is -3.13. The van der Waals surface area contributed by atoms with Crippen molar-refractivity contribution >= 4 is 40.2 Å². The topological polar surface area (TPSA) is 95.2 Å². The van der Waals surface area contributed by atoms with E-state index in [4.69, 9.17) is 0 Å². The molecular formula is C23H26N4O3S. The molecule has 0 atom stereocenters. The first-order valence-electron chi connectivity index (χ1n) is 10.0. The number of anilines is 1. The number of aromatic amines is 1. The fourth-order valence-electron chi connectivity index (χ4n) is 3.16. The maximum absolute atomic E-state index is 12.8. The summed E-state index contributed by atoms with van der Waals surface area (Å²) in [5, 5.41) is 3.35. The van der Waals surface area contributed by atoms with E-state index in [1.54, 1.807) is 23.1 Å². The number of nitrogens with zero attached hydrogens (tertiary/aromatic N) is 2. The summed E-state index contributed by atoms with van der Waals surface area (Å²) in [4.78, 5) is 46.1. The van der Waals surface area contributed by atoms with Gasteiger partial charge >= 0.3 is 0 Å². The molecule has 0 aliphatic carbocycles. The predicted octanol–water partition coefficient (Wildman–Crippen LogP) is 3.34. The van der Waals surface area contributed by atoms with Crippen molar-refractivity contribution in [3.8, 4) is 0 Å². The Bertz CT molecular complexity index is 1140. The van der Waals surface area contributed by atoms with Crippen molar-refractivity contribution in [1.82, 2.24) is 14.9 Å². The van der Waals surface area contributed by atoms with Gasteiger partial charge in [0.15, 0.2) is 0 Å². The van der Waals surface area contributed by atoms with Crippen LogP contribution in [0.3, 0.4) is 0 Å². The number of thioether (sulfide) groups is 1. The van der Waals surface area contributed by atoms with Gasteiger partial charge in [-0.15, -0.1) is 11.8 Å². The zero-order chi connectivity index (χ0) is 22.4. The van der Waals surface area contributed by atoms with E-state index >= 15 is 0 Å². The number of carbonyl (C=O) groups is 2. The van der Waals surface area contributed by atoms with Gasteiger partial charge in [0.05, 0.1) is 29.0 Å². The molecule has 1 heterocycles. The molecule has 8 heteroatoms. The van der Waals surface area contributed by atoms with Crippen LogP contribution in [-0.2, 0) is 16.1 Å². The van der Waals surface area contributed by atoms with E-state index in [-0.39, 0.29) is 41.5 Å². The van der Waals surface area contributed by atoms with E-state index in [0.29, 0.717) is 16.7 Å². The highest BCUT2D eigenvalue weighted by molar-refractivity contribution is 8.00. The second-order valence-corrected chi connectivity index (χ2v) is 8.54. The molecule has 2 aromatic carbocycles. The third kappa shape index (κ3) is 6.18. The van der Waals surface area contributed by atoms with Crippen LogP contribution in [0, 0.1) is 6.92 Å². The quantitative estimate of drug-likeness (QED) is 0.562. The Labute approximate surface area is 185 Å². The molecule has 31 heavy (non-hydrogen) atoms. The summed E-state index contributed by atoms with van der Waals surface area (Å²) in [6, 6.07) is 14.6. The number of aromatic nitrogens is 2. The maximum atomic E-state index is 12.8. The van der Waals surface area contributed by atoms with Crippen molar-refractivity contribution in [3.63, 3.8) is 0 Å². The summed E-state index contributed by atoms with van der Waals surface area (Å²) in [6.45, 7) is 5.98. The van der Waals surface area contributed by atoms with Gasteiger partial charge in [0.1, 0.15) is 5.82 Å². The smallest absolute Gasteiger partial charge is 0.258 e. The van der Waals surface area contributed by atoms with Crippen molar-refractivity contribution in [2.45, 2.75) is 33.4 Å². The molecule has 0 saturated carbocycles. The predicted molar refractivity (Wildman–Crippen MR) is 125 cm³/mol. The average Bonchev–Trinajstić information content (AvgIpc) is 2.71. The van der Waals surface area contributed by atoms with Crippen molar-refractivity contribution in [2.75, 3.05) is 16.8 Å². The molecule has 3 aromatic rings. The van der Waals surface area contributed by atoms with E-state index in [2.05, 4.69) is 15.3 Å². The molecule has 0 spiro atoms. The molecule has 1 aromatic heterocycles. The number of hydrogen-bond acceptors (Lipinski definition) is 5. The highest BCUT2D eigenvalue weighted by atomic mass is 32.2. The molecule has 7 nitrogen and oxygen atoms in total. The number of hydrogen-bond donors (Lipinski definition) is 2. The molecule has 2 amide bonds. The van der Waals surface area contributed by atoms with Crippen LogP contribution in [0.4, 0.5) is 5.69 Å². The SMILES string of the molecule is Cc1cccc(NC(=O)CSCC(=O)N(Cc2nc3ccccc3c(=O)[nH]2)C(C)C)c1. The van der Waals surface area contributed by atoms with Crippen LogP contribution in [0.5, 0.6) is 0 Å². The zero-order valence-electron chi connectivity index (χ0n) is 17.8. The molecule has 0 saturated heterocycles. The van der Waals surface area contributed by atoms with Gasteiger partial charge in [0, 0.05) is 11.7 Å². The van der Waals surface area contributed by atoms with E-state index in [1.165, 1.54) is 11.8 Å². The summed E-state index contributed by atoms with van der Waals surface area (Å²) in [5.74, 6) is 0.514. The van der Waals surface area contributed by atoms with Crippen LogP contribution in [-0.4, -0.2) is 44.2 Å². The van der Waals surface area contributed by atoms with Crippen molar-refractivity contribution < 1.29 is 9.59 Å². The summed E-state index contributed by atoms with van der Waals surface area (Å²) in [6.07, 6.45) is 0. The molecule has 0 aliphatic rings. The van der Waals surface area contributed by atoms with Crippen molar-refractivity contribution in [1.29, 1.82) is 0 Å². The van der Waals surface area contributed by atoms with Gasteiger partial charge in [-0.2, -0.15) is 0 Å². The molecule has 0 radical (unpaired) electrons. The molecule has 0 bridgehead atoms. The first-order valence-corrected chi connectivity index (χ1v) is 11.2. The van der Waals surface area contributed by atoms with E-state index < -0.39 is 0 Å². The second-order valence-electron chi connectivity index (χ2n) is 7.56. The maximum Gasteiger partial charge on any atom is 0.258 e. The third-order valence-corrected chi connectivity index (χ3v) is 5.60. The number of fused-ring (bicyclic) bond motifs is 1. The molecular weight excluding hydrogens is 412 g/mol. The van der Waals surface area contributed by atoms with Crippen LogP contribution < -0.4 is 10.9 Å². The number of para-hydroxylation sites is 1. The minimum Gasteiger partial charge on any atom is -0.332 e. The number of carbonyl (C=O) groups excluding carboxylic acids is 2. The minimum atomic E-state index is -0.223. The van der Waals surface area contributed by atoms with E-state index in [1.807, 2.05) is 51.1 Å². The number of aryl methyl sites for hydroxylation is 1. The second kappa shape index (κ2) is 10.3. The zero-order valence-corrected chi connectivity index (χ0v) is 18.7. The highest BCUT2D eigenvalue weighted by Crippen LogP contribution is 2.13. The van der Waals surface area contributed by atoms with E-state index in [9.17, 15) is 14.4 Å². The Morgan fingerprint density at radius 2 is 1.90 bits per heavy atom. The lowest BCUT2D eigenvalue weighted by Gasteiger charge is -2.26. The van der Waals surface area contributed by atoms with Gasteiger partial charge in [-0.05, 0) is 50.6 Å². The van der Waals surface area contributed by atoms with Gasteiger partial charge in [0.25, 0.3) is 5.56 Å². The molecule has 0 aliphatic heterocycles. The molecule has 2 N–H and O–H groups in total. The lowest BCUT2D eigenvalue weighted by molar-refractivity contribution is -0.130. The van der Waals surface area contributed by atoms with E-state index in [0.717, 1.165) is 11.3 Å². The number of benzene rings is 2. The molecule has 0 unspecified atom stereocenters. The molecule has 3 rings (SSSR count). The van der Waals surface area contributed by atoms with Gasteiger partial charge < -0.3 is 15.2 Å². The van der Waals surface area contributed by atoms with Gasteiger partial charge in [-0.1, -0.05) is 24.3 Å². The Balaban J connectivity index is 1.58. The summed E-state index contributed by atoms with van der Waals surface area (Å²) < 4.78 is 0. The molecule has 0 fully saturated rings. The van der Waals surface area contributed by atoms with Gasteiger partial charge in [-0.25, -0.2) is 4.98 Å². The lowest BCUT2D eigenvalue weighted by atomic mass is 10.2. The van der Waals surface area contributed by atoms with Gasteiger partial charge in [0.2, 0.25) is 11.8 Å². The van der Waals surface area contributed by atoms with Crippen LogP contribution >= 0.6 is 11.8 Å². The van der Waals surface area contributed by atoms with Crippen LogP contribution in [0.2, 0.25) is 0 Å². The fourth-order valence-corrected chi connectivity index (χ4v) is 3.86. The Morgan fingerprint density at radius 1 is 1.13 bits per heavy atom. The minimum absolute atomic E-state index is 0.0778. The normalized spacial score (nSPS) is 11.0. The number of H-pyrrole nitrogens is 1. The number of rotatable bonds is 8. The average molecular weight is 439 g/mol. The third-order valence-electron chi connectivity index (χ3n) is 4.69. The van der Waals surface area contributed by atoms with Gasteiger partial charge in [-0.3, -0.25) is 14.4 Å². The van der Waals surface area contributed by atoms with Crippen LogP contribution in [0.1, 0.15) is 25.2 Å². The van der Waals surface area contributed by atoms with Crippen LogP contribution in [0.15, 0.2) is 53.3 Å². The monoisotopic (exact) mass is 438 g/mol. The summed E-state index contributed by atoms with van der Waals surface area (Å²) in [5.41, 5.74) is 2.18. The van der Waals surface area contributed by atoms with Crippen molar-refractivity contribution in [2.24, 2.45) is 0 Å². The molecule has 162 valence electrons. The summed E-state index contributed by atoms with van der Waals surface area (Å²) >= 11 is 1.26. The lowest BCUT2D eigenvalue weighted by Crippen LogP contribution is -2.38. The Morgan fingerprint density at radius 3 is 2.65 bits per heavy atom. The highest BCUT2D eigenvalue weighted by Gasteiger charge is 2.19.